The molecule has 0 bridgehead atoms. The Hall–Kier alpha value is 0.0200. The molecule has 0 spiro atoms. The summed E-state index contributed by atoms with van der Waals surface area (Å²) < 4.78 is 0. The molecule has 2 atom stereocenters. The molecule has 0 saturated heterocycles. The maximum atomic E-state index is 10.3. The first-order chi connectivity index (χ1) is 5.98. The SMILES string of the molecule is CC1(C2(O)C=CC(Cl)=CC2Cl)CC1. The summed E-state index contributed by atoms with van der Waals surface area (Å²) >= 11 is 11.9. The molecule has 3 heteroatoms. The van der Waals surface area contributed by atoms with Crippen molar-refractivity contribution in [1.82, 2.24) is 0 Å². The Bertz CT molecular complexity index is 291. The van der Waals surface area contributed by atoms with Gasteiger partial charge in [0.2, 0.25) is 0 Å². The van der Waals surface area contributed by atoms with Gasteiger partial charge in [-0.3, -0.25) is 0 Å². The van der Waals surface area contributed by atoms with Crippen LogP contribution in [0.4, 0.5) is 0 Å². The van der Waals surface area contributed by atoms with Gasteiger partial charge in [0, 0.05) is 10.4 Å². The zero-order valence-corrected chi connectivity index (χ0v) is 8.94. The van der Waals surface area contributed by atoms with Crippen LogP contribution in [-0.4, -0.2) is 16.1 Å². The second-order valence-corrected chi connectivity index (χ2v) is 5.08. The third-order valence-corrected chi connectivity index (χ3v) is 3.90. The van der Waals surface area contributed by atoms with E-state index >= 15 is 0 Å². The van der Waals surface area contributed by atoms with E-state index in [0.29, 0.717) is 5.03 Å². The van der Waals surface area contributed by atoms with Gasteiger partial charge in [-0.05, 0) is 31.1 Å². The van der Waals surface area contributed by atoms with Gasteiger partial charge in [-0.25, -0.2) is 0 Å². The lowest BCUT2D eigenvalue weighted by Gasteiger charge is -2.36. The van der Waals surface area contributed by atoms with Crippen molar-refractivity contribution in [2.45, 2.75) is 30.7 Å². The van der Waals surface area contributed by atoms with E-state index in [-0.39, 0.29) is 5.41 Å². The summed E-state index contributed by atoms with van der Waals surface area (Å²) in [4.78, 5) is 0. The molecule has 72 valence electrons. The van der Waals surface area contributed by atoms with Crippen molar-refractivity contribution in [3.05, 3.63) is 23.3 Å². The summed E-state index contributed by atoms with van der Waals surface area (Å²) in [7, 11) is 0. The summed E-state index contributed by atoms with van der Waals surface area (Å²) in [5.41, 5.74) is -0.961. The van der Waals surface area contributed by atoms with Crippen molar-refractivity contribution < 1.29 is 5.11 Å². The molecule has 0 radical (unpaired) electrons. The monoisotopic (exact) mass is 218 g/mol. The van der Waals surface area contributed by atoms with Crippen molar-refractivity contribution in [3.8, 4) is 0 Å². The number of halogens is 2. The predicted molar refractivity (Wildman–Crippen MR) is 55.0 cm³/mol. The summed E-state index contributed by atoms with van der Waals surface area (Å²) in [6.07, 6.45) is 7.22. The van der Waals surface area contributed by atoms with Crippen LogP contribution in [0.1, 0.15) is 19.8 Å². The summed E-state index contributed by atoms with van der Waals surface area (Å²) in [5.74, 6) is 0. The van der Waals surface area contributed by atoms with Crippen LogP contribution in [0.2, 0.25) is 0 Å². The van der Waals surface area contributed by atoms with Gasteiger partial charge in [-0.15, -0.1) is 11.6 Å². The normalized spacial score (nSPS) is 41.5. The Morgan fingerprint density at radius 1 is 1.54 bits per heavy atom. The van der Waals surface area contributed by atoms with Crippen molar-refractivity contribution >= 4 is 23.2 Å². The van der Waals surface area contributed by atoms with Gasteiger partial charge >= 0.3 is 0 Å². The van der Waals surface area contributed by atoms with E-state index in [1.54, 1.807) is 18.2 Å². The second-order valence-electron chi connectivity index (χ2n) is 4.17. The van der Waals surface area contributed by atoms with E-state index in [4.69, 9.17) is 23.2 Å². The van der Waals surface area contributed by atoms with Crippen LogP contribution in [0.5, 0.6) is 0 Å². The van der Waals surface area contributed by atoms with Crippen molar-refractivity contribution in [2.75, 3.05) is 0 Å². The molecule has 2 aliphatic rings. The lowest BCUT2D eigenvalue weighted by Crippen LogP contribution is -2.45. The lowest BCUT2D eigenvalue weighted by molar-refractivity contribution is 0.0268. The summed E-state index contributed by atoms with van der Waals surface area (Å²) in [6, 6.07) is 0. The largest absolute Gasteiger partial charge is 0.383 e. The molecule has 0 aromatic carbocycles. The minimum absolute atomic E-state index is 0.0516. The number of rotatable bonds is 1. The van der Waals surface area contributed by atoms with Crippen LogP contribution >= 0.6 is 23.2 Å². The van der Waals surface area contributed by atoms with E-state index in [1.807, 2.05) is 0 Å². The molecule has 1 N–H and O–H groups in total. The van der Waals surface area contributed by atoms with Gasteiger partial charge in [-0.1, -0.05) is 18.5 Å². The minimum Gasteiger partial charge on any atom is -0.383 e. The number of allylic oxidation sites excluding steroid dienone is 2. The van der Waals surface area contributed by atoms with E-state index in [1.165, 1.54) is 0 Å². The lowest BCUT2D eigenvalue weighted by atomic mass is 9.80. The Kier molecular flexibility index (Phi) is 2.03. The number of alkyl halides is 1. The van der Waals surface area contributed by atoms with Crippen LogP contribution in [0, 0.1) is 5.41 Å². The molecule has 1 fully saturated rings. The Morgan fingerprint density at radius 3 is 2.62 bits per heavy atom. The average molecular weight is 219 g/mol. The first-order valence-electron chi connectivity index (χ1n) is 4.41. The fourth-order valence-corrected chi connectivity index (χ4v) is 2.47. The highest BCUT2D eigenvalue weighted by molar-refractivity contribution is 6.32. The van der Waals surface area contributed by atoms with E-state index in [9.17, 15) is 5.11 Å². The smallest absolute Gasteiger partial charge is 0.108 e. The number of hydrogen-bond acceptors (Lipinski definition) is 1. The van der Waals surface area contributed by atoms with E-state index < -0.39 is 11.0 Å². The van der Waals surface area contributed by atoms with Gasteiger partial charge in [0.1, 0.15) is 5.60 Å². The number of aliphatic hydroxyl groups is 1. The molecule has 2 rings (SSSR count). The van der Waals surface area contributed by atoms with Crippen LogP contribution in [0.3, 0.4) is 0 Å². The fourth-order valence-electron chi connectivity index (χ4n) is 1.74. The third kappa shape index (κ3) is 1.34. The maximum Gasteiger partial charge on any atom is 0.108 e. The van der Waals surface area contributed by atoms with Crippen LogP contribution < -0.4 is 0 Å². The highest BCUT2D eigenvalue weighted by Crippen LogP contribution is 2.57. The highest BCUT2D eigenvalue weighted by atomic mass is 35.5. The first kappa shape index (κ1) is 9.57. The Balaban J connectivity index is 2.30. The van der Waals surface area contributed by atoms with Gasteiger partial charge in [0.05, 0.1) is 5.38 Å². The molecule has 2 unspecified atom stereocenters. The quantitative estimate of drug-likeness (QED) is 0.672. The third-order valence-electron chi connectivity index (χ3n) is 3.19. The van der Waals surface area contributed by atoms with E-state index in [2.05, 4.69) is 6.92 Å². The molecular weight excluding hydrogens is 207 g/mol. The zero-order valence-electron chi connectivity index (χ0n) is 7.43. The standard InChI is InChI=1S/C10H12Cl2O/c1-9(4-5-9)10(13)3-2-7(11)6-8(10)12/h2-3,6,8,13H,4-5H2,1H3. The van der Waals surface area contributed by atoms with Gasteiger partial charge in [-0.2, -0.15) is 0 Å². The maximum absolute atomic E-state index is 10.3. The topological polar surface area (TPSA) is 20.2 Å². The highest BCUT2D eigenvalue weighted by Gasteiger charge is 2.57. The molecule has 0 aromatic rings. The molecular formula is C10H12Cl2O. The Labute approximate surface area is 88.0 Å². The van der Waals surface area contributed by atoms with Crippen LogP contribution in [0.15, 0.2) is 23.3 Å². The average Bonchev–Trinajstić information content (AvgIpc) is 2.78. The first-order valence-corrected chi connectivity index (χ1v) is 5.22. The molecule has 13 heavy (non-hydrogen) atoms. The van der Waals surface area contributed by atoms with Crippen molar-refractivity contribution in [1.29, 1.82) is 0 Å². The summed E-state index contributed by atoms with van der Waals surface area (Å²) in [5, 5.41) is 10.5. The van der Waals surface area contributed by atoms with Crippen LogP contribution in [-0.2, 0) is 0 Å². The zero-order chi connectivity index (χ0) is 9.69. The fraction of sp³-hybridized carbons (Fsp3) is 0.600. The molecule has 0 aliphatic heterocycles. The number of hydrogen-bond donors (Lipinski definition) is 1. The molecule has 2 aliphatic carbocycles. The molecule has 1 saturated carbocycles. The van der Waals surface area contributed by atoms with Crippen molar-refractivity contribution in [3.63, 3.8) is 0 Å². The van der Waals surface area contributed by atoms with Crippen LogP contribution in [0.25, 0.3) is 0 Å². The predicted octanol–water partition coefficient (Wildman–Crippen LogP) is 2.82. The molecule has 0 heterocycles. The molecule has 1 nitrogen and oxygen atoms in total. The van der Waals surface area contributed by atoms with Gasteiger partial charge in [0.25, 0.3) is 0 Å². The summed E-state index contributed by atoms with van der Waals surface area (Å²) in [6.45, 7) is 2.06. The second kappa shape index (κ2) is 2.75. The Morgan fingerprint density at radius 2 is 2.15 bits per heavy atom. The van der Waals surface area contributed by atoms with Crippen molar-refractivity contribution in [2.24, 2.45) is 5.41 Å². The van der Waals surface area contributed by atoms with Gasteiger partial charge < -0.3 is 5.11 Å². The molecule has 0 amide bonds. The van der Waals surface area contributed by atoms with Gasteiger partial charge in [0.15, 0.2) is 0 Å². The van der Waals surface area contributed by atoms with E-state index in [0.717, 1.165) is 12.8 Å². The minimum atomic E-state index is -0.910. The molecule has 0 aromatic heterocycles.